The third-order valence-corrected chi connectivity index (χ3v) is 3.96. The molecule has 0 fully saturated rings. The molecule has 1 heterocycles. The minimum Gasteiger partial charge on any atom is -0.389 e. The first kappa shape index (κ1) is 15.0. The van der Waals surface area contributed by atoms with E-state index in [0.717, 1.165) is 25.2 Å². The van der Waals surface area contributed by atoms with Gasteiger partial charge in [-0.3, -0.25) is 0 Å². The summed E-state index contributed by atoms with van der Waals surface area (Å²) in [6.45, 7) is 9.91. The molecule has 0 amide bonds. The van der Waals surface area contributed by atoms with E-state index >= 15 is 0 Å². The average Bonchev–Trinajstić information content (AvgIpc) is 2.37. The van der Waals surface area contributed by atoms with E-state index in [4.69, 9.17) is 0 Å². The molecule has 1 N–H and O–H groups in total. The number of rotatable bonds is 2. The van der Waals surface area contributed by atoms with Gasteiger partial charge >= 0.3 is 0 Å². The Morgan fingerprint density at radius 1 is 1.30 bits per heavy atom. The summed E-state index contributed by atoms with van der Waals surface area (Å²) in [6.07, 6.45) is 2.43. The number of hydrogen-bond acceptors (Lipinski definition) is 2. The highest BCUT2D eigenvalue weighted by Crippen LogP contribution is 2.34. The molecule has 0 aromatic heterocycles. The van der Waals surface area contributed by atoms with Crippen molar-refractivity contribution in [3.8, 4) is 0 Å². The molecule has 2 rings (SSSR count). The Labute approximate surface area is 120 Å². The molecule has 0 saturated heterocycles. The predicted octanol–water partition coefficient (Wildman–Crippen LogP) is 4.06. The number of halogens is 1. The molecular formula is C17H24FNO. The van der Waals surface area contributed by atoms with Crippen LogP contribution in [0.2, 0.25) is 0 Å². The number of nitrogens with zero attached hydrogens (tertiary/aromatic N) is 1. The fourth-order valence-corrected chi connectivity index (χ4v) is 2.78. The van der Waals surface area contributed by atoms with Gasteiger partial charge < -0.3 is 10.0 Å². The van der Waals surface area contributed by atoms with E-state index in [9.17, 15) is 9.50 Å². The van der Waals surface area contributed by atoms with Gasteiger partial charge in [-0.2, -0.15) is 0 Å². The van der Waals surface area contributed by atoms with Crippen LogP contribution >= 0.6 is 0 Å². The summed E-state index contributed by atoms with van der Waals surface area (Å²) < 4.78 is 13.9. The van der Waals surface area contributed by atoms with Gasteiger partial charge in [-0.1, -0.05) is 38.5 Å². The third-order valence-electron chi connectivity index (χ3n) is 3.96. The van der Waals surface area contributed by atoms with Crippen LogP contribution in [0.25, 0.3) is 0 Å². The molecule has 1 aromatic carbocycles. The smallest absolute Gasteiger partial charge is 0.131 e. The van der Waals surface area contributed by atoms with Crippen LogP contribution in [0, 0.1) is 11.2 Å². The lowest BCUT2D eigenvalue weighted by Crippen LogP contribution is -2.32. The second kappa shape index (κ2) is 5.57. The molecule has 0 bridgehead atoms. The average molecular weight is 277 g/mol. The SMILES string of the molecule is CC(O)c1c(F)cccc1N1CC=C(C(C)(C)C)CC1. The first-order valence-electron chi connectivity index (χ1n) is 7.21. The summed E-state index contributed by atoms with van der Waals surface area (Å²) in [6, 6.07) is 5.01. The molecule has 0 aliphatic carbocycles. The Morgan fingerprint density at radius 2 is 2.00 bits per heavy atom. The molecule has 1 atom stereocenters. The van der Waals surface area contributed by atoms with Crippen molar-refractivity contribution in [1.82, 2.24) is 0 Å². The predicted molar refractivity (Wildman–Crippen MR) is 81.4 cm³/mol. The molecule has 0 radical (unpaired) electrons. The highest BCUT2D eigenvalue weighted by Gasteiger charge is 2.24. The van der Waals surface area contributed by atoms with Crippen LogP contribution in [-0.4, -0.2) is 18.2 Å². The summed E-state index contributed by atoms with van der Waals surface area (Å²) in [4.78, 5) is 2.14. The van der Waals surface area contributed by atoms with Crippen LogP contribution in [0.4, 0.5) is 10.1 Å². The topological polar surface area (TPSA) is 23.5 Å². The van der Waals surface area contributed by atoms with Crippen molar-refractivity contribution in [2.75, 3.05) is 18.0 Å². The first-order valence-corrected chi connectivity index (χ1v) is 7.21. The van der Waals surface area contributed by atoms with Gasteiger partial charge in [0.2, 0.25) is 0 Å². The standard InChI is InChI=1S/C17H24FNO/c1-12(20)16-14(18)6-5-7-15(16)19-10-8-13(9-11-19)17(2,3)4/h5-8,12,20H,9-11H2,1-4H3. The lowest BCUT2D eigenvalue weighted by atomic mass is 9.83. The summed E-state index contributed by atoms with van der Waals surface area (Å²) in [5.74, 6) is -0.330. The zero-order chi connectivity index (χ0) is 14.9. The van der Waals surface area contributed by atoms with Gasteiger partial charge in [-0.15, -0.1) is 0 Å². The van der Waals surface area contributed by atoms with Crippen molar-refractivity contribution >= 4 is 5.69 Å². The number of hydrogen-bond donors (Lipinski definition) is 1. The fraction of sp³-hybridized carbons (Fsp3) is 0.529. The van der Waals surface area contributed by atoms with Gasteiger partial charge in [0.1, 0.15) is 5.82 Å². The van der Waals surface area contributed by atoms with Crippen molar-refractivity contribution in [3.63, 3.8) is 0 Å². The van der Waals surface area contributed by atoms with Crippen molar-refractivity contribution in [2.24, 2.45) is 5.41 Å². The normalized spacial score (nSPS) is 17.9. The van der Waals surface area contributed by atoms with E-state index < -0.39 is 6.10 Å². The number of aliphatic hydroxyl groups excluding tert-OH is 1. The quantitative estimate of drug-likeness (QED) is 0.824. The third kappa shape index (κ3) is 3.04. The maximum Gasteiger partial charge on any atom is 0.131 e. The lowest BCUT2D eigenvalue weighted by Gasteiger charge is -2.34. The van der Waals surface area contributed by atoms with Crippen molar-refractivity contribution in [1.29, 1.82) is 0 Å². The molecule has 2 nitrogen and oxygen atoms in total. The van der Waals surface area contributed by atoms with Crippen LogP contribution in [0.3, 0.4) is 0 Å². The maximum atomic E-state index is 13.9. The summed E-state index contributed by atoms with van der Waals surface area (Å²) in [7, 11) is 0. The van der Waals surface area contributed by atoms with Crippen LogP contribution in [0.1, 0.15) is 45.8 Å². The van der Waals surface area contributed by atoms with Gasteiger partial charge in [0.15, 0.2) is 0 Å². The van der Waals surface area contributed by atoms with E-state index in [2.05, 4.69) is 31.7 Å². The number of aliphatic hydroxyl groups is 1. The second-order valence-corrected chi connectivity index (χ2v) is 6.52. The molecule has 1 aromatic rings. The van der Waals surface area contributed by atoms with Gasteiger partial charge in [-0.25, -0.2) is 4.39 Å². The first-order chi connectivity index (χ1) is 9.30. The van der Waals surface area contributed by atoms with E-state index in [1.54, 1.807) is 13.0 Å². The Balaban J connectivity index is 2.28. The highest BCUT2D eigenvalue weighted by molar-refractivity contribution is 5.56. The molecule has 110 valence electrons. The number of benzene rings is 1. The molecule has 0 spiro atoms. The van der Waals surface area contributed by atoms with E-state index in [1.165, 1.54) is 11.6 Å². The van der Waals surface area contributed by atoms with Crippen molar-refractivity contribution < 1.29 is 9.50 Å². The zero-order valence-corrected chi connectivity index (χ0v) is 12.8. The minimum absolute atomic E-state index is 0.196. The maximum absolute atomic E-state index is 13.9. The molecule has 1 aliphatic rings. The summed E-state index contributed by atoms with van der Waals surface area (Å²) in [5.41, 5.74) is 2.86. The number of anilines is 1. The van der Waals surface area contributed by atoms with Crippen LogP contribution in [0.15, 0.2) is 29.8 Å². The van der Waals surface area contributed by atoms with Crippen LogP contribution < -0.4 is 4.90 Å². The minimum atomic E-state index is -0.792. The van der Waals surface area contributed by atoms with Crippen molar-refractivity contribution in [2.45, 2.75) is 40.2 Å². The molecular weight excluding hydrogens is 253 g/mol. The van der Waals surface area contributed by atoms with Gasteiger partial charge in [-0.05, 0) is 30.9 Å². The molecule has 20 heavy (non-hydrogen) atoms. The molecule has 3 heteroatoms. The lowest BCUT2D eigenvalue weighted by molar-refractivity contribution is 0.194. The Morgan fingerprint density at radius 3 is 2.50 bits per heavy atom. The second-order valence-electron chi connectivity index (χ2n) is 6.52. The van der Waals surface area contributed by atoms with E-state index in [1.807, 2.05) is 6.07 Å². The van der Waals surface area contributed by atoms with Gasteiger partial charge in [0.25, 0.3) is 0 Å². The zero-order valence-electron chi connectivity index (χ0n) is 12.8. The molecule has 0 saturated carbocycles. The highest BCUT2D eigenvalue weighted by atomic mass is 19.1. The summed E-state index contributed by atoms with van der Waals surface area (Å²) >= 11 is 0. The molecule has 1 unspecified atom stereocenters. The van der Waals surface area contributed by atoms with Crippen LogP contribution in [0.5, 0.6) is 0 Å². The van der Waals surface area contributed by atoms with E-state index in [0.29, 0.717) is 5.56 Å². The monoisotopic (exact) mass is 277 g/mol. The van der Waals surface area contributed by atoms with E-state index in [-0.39, 0.29) is 11.2 Å². The Kier molecular flexibility index (Phi) is 4.19. The van der Waals surface area contributed by atoms with Gasteiger partial charge in [0.05, 0.1) is 6.10 Å². The Hall–Kier alpha value is -1.35. The van der Waals surface area contributed by atoms with Crippen molar-refractivity contribution in [3.05, 3.63) is 41.2 Å². The van der Waals surface area contributed by atoms with Crippen LogP contribution in [-0.2, 0) is 0 Å². The largest absolute Gasteiger partial charge is 0.389 e. The summed E-state index contributed by atoms with van der Waals surface area (Å²) in [5, 5.41) is 9.82. The fourth-order valence-electron chi connectivity index (χ4n) is 2.78. The molecule has 1 aliphatic heterocycles. The Bertz CT molecular complexity index is 514. The van der Waals surface area contributed by atoms with Gasteiger partial charge in [0, 0.05) is 24.3 Å².